The van der Waals surface area contributed by atoms with Crippen molar-refractivity contribution in [1.82, 2.24) is 25.0 Å². The van der Waals surface area contributed by atoms with Crippen molar-refractivity contribution in [1.29, 1.82) is 0 Å². The van der Waals surface area contributed by atoms with Crippen molar-refractivity contribution in [2.45, 2.75) is 20.4 Å². The third-order valence-electron chi connectivity index (χ3n) is 3.92. The molecule has 0 atom stereocenters. The number of ether oxygens (including phenoxy) is 1. The normalized spacial score (nSPS) is 10.6. The van der Waals surface area contributed by atoms with E-state index in [1.807, 2.05) is 12.1 Å². The van der Waals surface area contributed by atoms with Crippen LogP contribution in [-0.2, 0) is 11.3 Å². The lowest BCUT2D eigenvalue weighted by molar-refractivity contribution is -0.386. The number of nitrogens with one attached hydrogen (secondary N) is 2. The molecule has 2 N–H and O–H groups in total. The van der Waals surface area contributed by atoms with Gasteiger partial charge in [-0.1, -0.05) is 12.1 Å². The molecule has 0 aliphatic carbocycles. The molecule has 0 bridgehead atoms. The van der Waals surface area contributed by atoms with Crippen molar-refractivity contribution in [3.05, 3.63) is 45.8 Å². The molecule has 1 aromatic carbocycles. The fourth-order valence-corrected chi connectivity index (χ4v) is 2.68. The van der Waals surface area contributed by atoms with E-state index in [1.165, 1.54) is 18.5 Å². The van der Waals surface area contributed by atoms with Gasteiger partial charge in [-0.3, -0.25) is 30.0 Å². The summed E-state index contributed by atoms with van der Waals surface area (Å²) in [6, 6.07) is 7.25. The monoisotopic (exact) mass is 371 g/mol. The molecule has 0 saturated heterocycles. The Morgan fingerprint density at radius 3 is 2.78 bits per heavy atom. The standard InChI is InChI=1S/C16H17N7O4/c1-9-14(23(25)26)10(2)22(21-9)8-13(24)17-16-18-15(19-20-16)11-6-4-5-7-12(11)27-3/h4-7H,8H2,1-3H3,(H2,17,18,19,20,24). The molecule has 140 valence electrons. The molecular weight excluding hydrogens is 354 g/mol. The minimum atomic E-state index is -0.513. The summed E-state index contributed by atoms with van der Waals surface area (Å²) in [5.74, 6) is 0.670. The number of aromatic nitrogens is 5. The number of hydrogen-bond acceptors (Lipinski definition) is 7. The van der Waals surface area contributed by atoms with E-state index >= 15 is 0 Å². The quantitative estimate of drug-likeness (QED) is 0.497. The second-order valence-electron chi connectivity index (χ2n) is 5.69. The van der Waals surface area contributed by atoms with Crippen LogP contribution in [0.25, 0.3) is 11.4 Å². The van der Waals surface area contributed by atoms with Crippen LogP contribution in [0.2, 0.25) is 0 Å². The molecule has 3 rings (SSSR count). The number of nitrogens with zero attached hydrogens (tertiary/aromatic N) is 5. The lowest BCUT2D eigenvalue weighted by Gasteiger charge is -2.04. The first kappa shape index (κ1) is 18.0. The summed E-state index contributed by atoms with van der Waals surface area (Å²) in [4.78, 5) is 27.0. The fraction of sp³-hybridized carbons (Fsp3) is 0.250. The van der Waals surface area contributed by atoms with Crippen LogP contribution in [0.1, 0.15) is 11.4 Å². The maximum atomic E-state index is 12.2. The molecule has 2 aromatic heterocycles. The maximum absolute atomic E-state index is 12.2. The summed E-state index contributed by atoms with van der Waals surface area (Å²) in [5.41, 5.74) is 1.15. The number of benzene rings is 1. The highest BCUT2D eigenvalue weighted by Crippen LogP contribution is 2.27. The number of aryl methyl sites for hydroxylation is 1. The van der Waals surface area contributed by atoms with Gasteiger partial charge in [-0.05, 0) is 26.0 Å². The van der Waals surface area contributed by atoms with Gasteiger partial charge in [0.25, 0.3) is 0 Å². The molecule has 0 radical (unpaired) electrons. The molecule has 0 spiro atoms. The number of aromatic amines is 1. The van der Waals surface area contributed by atoms with Crippen LogP contribution in [0.3, 0.4) is 0 Å². The van der Waals surface area contributed by atoms with E-state index in [4.69, 9.17) is 4.74 Å². The number of methoxy groups -OCH3 is 1. The first-order valence-electron chi connectivity index (χ1n) is 7.94. The largest absolute Gasteiger partial charge is 0.496 e. The number of hydrogen-bond donors (Lipinski definition) is 2. The van der Waals surface area contributed by atoms with E-state index in [2.05, 4.69) is 25.6 Å². The zero-order valence-electron chi connectivity index (χ0n) is 14.9. The third kappa shape index (κ3) is 3.61. The van der Waals surface area contributed by atoms with Gasteiger partial charge in [0, 0.05) is 0 Å². The second-order valence-corrected chi connectivity index (χ2v) is 5.69. The van der Waals surface area contributed by atoms with E-state index in [1.54, 1.807) is 19.2 Å². The Morgan fingerprint density at radius 2 is 2.11 bits per heavy atom. The lowest BCUT2D eigenvalue weighted by Crippen LogP contribution is -2.21. The molecule has 0 aliphatic heterocycles. The molecule has 0 fully saturated rings. The van der Waals surface area contributed by atoms with E-state index in [9.17, 15) is 14.9 Å². The minimum absolute atomic E-state index is 0.0805. The summed E-state index contributed by atoms with van der Waals surface area (Å²) >= 11 is 0. The molecule has 3 aromatic rings. The Bertz CT molecular complexity index is 1010. The number of carbonyl (C=O) groups excluding carboxylic acids is 1. The van der Waals surface area contributed by atoms with Crippen LogP contribution in [0.15, 0.2) is 24.3 Å². The first-order valence-corrected chi connectivity index (χ1v) is 7.94. The van der Waals surface area contributed by atoms with Crippen molar-refractivity contribution in [3.63, 3.8) is 0 Å². The summed E-state index contributed by atoms with van der Waals surface area (Å²) in [6.07, 6.45) is 0. The molecular formula is C16H17N7O4. The summed E-state index contributed by atoms with van der Waals surface area (Å²) < 4.78 is 6.55. The van der Waals surface area contributed by atoms with Crippen LogP contribution in [0.5, 0.6) is 5.75 Å². The average Bonchev–Trinajstić information content (AvgIpc) is 3.19. The van der Waals surface area contributed by atoms with Gasteiger partial charge < -0.3 is 4.74 Å². The van der Waals surface area contributed by atoms with Gasteiger partial charge in [-0.15, -0.1) is 5.10 Å². The Morgan fingerprint density at radius 1 is 1.37 bits per heavy atom. The summed E-state index contributed by atoms with van der Waals surface area (Å²) in [6.45, 7) is 2.87. The van der Waals surface area contributed by atoms with Gasteiger partial charge in [0.15, 0.2) is 5.82 Å². The number of nitro groups is 1. The maximum Gasteiger partial charge on any atom is 0.312 e. The van der Waals surface area contributed by atoms with Crippen molar-refractivity contribution in [3.8, 4) is 17.1 Å². The SMILES string of the molecule is COc1ccccc1-c1nc(NC(=O)Cn2nc(C)c([N+](=O)[O-])c2C)n[nH]1. The van der Waals surface area contributed by atoms with E-state index in [0.717, 1.165) is 0 Å². The van der Waals surface area contributed by atoms with Crippen LogP contribution >= 0.6 is 0 Å². The Kier molecular flexibility index (Phi) is 4.83. The number of carbonyl (C=O) groups is 1. The van der Waals surface area contributed by atoms with E-state index in [0.29, 0.717) is 22.8 Å². The van der Waals surface area contributed by atoms with Gasteiger partial charge in [0.05, 0.1) is 17.6 Å². The van der Waals surface area contributed by atoms with Crippen LogP contribution < -0.4 is 10.1 Å². The molecule has 0 aliphatic rings. The van der Waals surface area contributed by atoms with Crippen molar-refractivity contribution < 1.29 is 14.5 Å². The van der Waals surface area contributed by atoms with Gasteiger partial charge >= 0.3 is 5.69 Å². The number of H-pyrrole nitrogens is 1. The molecule has 2 heterocycles. The number of anilines is 1. The predicted octanol–water partition coefficient (Wildman–Crippen LogP) is 1.84. The topological polar surface area (TPSA) is 141 Å². The second kappa shape index (κ2) is 7.23. The molecule has 0 saturated carbocycles. The lowest BCUT2D eigenvalue weighted by atomic mass is 10.2. The highest BCUT2D eigenvalue weighted by Gasteiger charge is 2.23. The van der Waals surface area contributed by atoms with Gasteiger partial charge in [-0.25, -0.2) is 0 Å². The highest BCUT2D eigenvalue weighted by atomic mass is 16.6. The van der Waals surface area contributed by atoms with Gasteiger partial charge in [0.2, 0.25) is 11.9 Å². The predicted molar refractivity (Wildman–Crippen MR) is 95.4 cm³/mol. The number of rotatable bonds is 6. The van der Waals surface area contributed by atoms with E-state index in [-0.39, 0.29) is 23.9 Å². The van der Waals surface area contributed by atoms with Crippen molar-refractivity contribution in [2.75, 3.05) is 12.4 Å². The van der Waals surface area contributed by atoms with Crippen LogP contribution in [-0.4, -0.2) is 42.9 Å². The molecule has 0 unspecified atom stereocenters. The van der Waals surface area contributed by atoms with Gasteiger partial charge in [-0.2, -0.15) is 10.1 Å². The molecule has 27 heavy (non-hydrogen) atoms. The van der Waals surface area contributed by atoms with Crippen LogP contribution in [0.4, 0.5) is 11.6 Å². The Balaban J connectivity index is 1.74. The Hall–Kier alpha value is -3.76. The molecule has 11 nitrogen and oxygen atoms in total. The zero-order chi connectivity index (χ0) is 19.6. The summed E-state index contributed by atoms with van der Waals surface area (Å²) in [5, 5.41) is 24.3. The Labute approximate surface area is 153 Å². The zero-order valence-corrected chi connectivity index (χ0v) is 14.9. The number of para-hydroxylation sites is 1. The molecule has 11 heteroatoms. The van der Waals surface area contributed by atoms with Gasteiger partial charge in [0.1, 0.15) is 23.7 Å². The third-order valence-corrected chi connectivity index (χ3v) is 3.92. The fourth-order valence-electron chi connectivity index (χ4n) is 2.68. The average molecular weight is 371 g/mol. The molecule has 1 amide bonds. The number of amides is 1. The van der Waals surface area contributed by atoms with Crippen molar-refractivity contribution >= 4 is 17.5 Å². The van der Waals surface area contributed by atoms with Crippen molar-refractivity contribution in [2.24, 2.45) is 0 Å². The highest BCUT2D eigenvalue weighted by molar-refractivity contribution is 5.89. The summed E-state index contributed by atoms with van der Waals surface area (Å²) in [7, 11) is 1.55. The van der Waals surface area contributed by atoms with Crippen LogP contribution in [0, 0.1) is 24.0 Å². The smallest absolute Gasteiger partial charge is 0.312 e. The van der Waals surface area contributed by atoms with E-state index < -0.39 is 10.8 Å². The first-order chi connectivity index (χ1) is 12.9. The minimum Gasteiger partial charge on any atom is -0.496 e.